The summed E-state index contributed by atoms with van der Waals surface area (Å²) in [6.07, 6.45) is -2.09. The monoisotopic (exact) mass is 618 g/mol. The zero-order valence-corrected chi connectivity index (χ0v) is 27.0. The highest BCUT2D eigenvalue weighted by molar-refractivity contribution is 5.80. The van der Waals surface area contributed by atoms with Crippen molar-refractivity contribution >= 4 is 23.6 Å². The first kappa shape index (κ1) is 33.6. The first-order valence-corrected chi connectivity index (χ1v) is 15.4. The van der Waals surface area contributed by atoms with Gasteiger partial charge in [-0.05, 0) is 22.3 Å². The fourth-order valence-corrected chi connectivity index (χ4v) is 5.67. The van der Waals surface area contributed by atoms with Gasteiger partial charge in [-0.15, -0.1) is 0 Å². The summed E-state index contributed by atoms with van der Waals surface area (Å²) in [5.74, 6) is -1.21. The van der Waals surface area contributed by atoms with Gasteiger partial charge >= 0.3 is 0 Å². The summed E-state index contributed by atoms with van der Waals surface area (Å²) in [5, 5.41) is 0. The molecule has 4 aromatic carbocycles. The van der Waals surface area contributed by atoms with Gasteiger partial charge in [-0.2, -0.15) is 0 Å². The van der Waals surface area contributed by atoms with Crippen LogP contribution in [0.2, 0.25) is 0 Å². The average molecular weight is 619 g/mol. The van der Waals surface area contributed by atoms with Crippen molar-refractivity contribution in [2.75, 3.05) is 0 Å². The molecule has 0 heterocycles. The second-order valence-electron chi connectivity index (χ2n) is 11.4. The van der Waals surface area contributed by atoms with Crippen molar-refractivity contribution < 1.29 is 19.2 Å². The third-order valence-corrected chi connectivity index (χ3v) is 7.94. The topological polar surface area (TPSA) is 81.2 Å². The molecule has 4 amide bonds. The molecule has 46 heavy (non-hydrogen) atoms. The number of carbonyl (C=O) groups excluding carboxylic acids is 4. The van der Waals surface area contributed by atoms with Gasteiger partial charge in [-0.25, -0.2) is 0 Å². The molecule has 0 spiro atoms. The predicted octanol–water partition coefficient (Wildman–Crippen LogP) is 5.83. The molecule has 0 fully saturated rings. The first-order valence-electron chi connectivity index (χ1n) is 15.4. The van der Waals surface area contributed by atoms with Crippen molar-refractivity contribution in [2.45, 2.75) is 66.2 Å². The molecule has 0 radical (unpaired) electrons. The Kier molecular flexibility index (Phi) is 11.8. The summed E-state index contributed by atoms with van der Waals surface area (Å²) in [6.45, 7) is 6.45. The molecule has 0 saturated carbocycles. The fourth-order valence-electron chi connectivity index (χ4n) is 5.67. The van der Waals surface area contributed by atoms with Crippen LogP contribution >= 0.6 is 0 Å². The van der Waals surface area contributed by atoms with E-state index >= 15 is 0 Å². The van der Waals surface area contributed by atoms with Crippen LogP contribution in [0.3, 0.4) is 0 Å². The van der Waals surface area contributed by atoms with Crippen LogP contribution < -0.4 is 0 Å². The van der Waals surface area contributed by atoms with E-state index in [1.807, 2.05) is 121 Å². The Morgan fingerprint density at radius 2 is 0.543 bits per heavy atom. The molecular formula is C38H42N4O4. The second kappa shape index (κ2) is 16.2. The van der Waals surface area contributed by atoms with Gasteiger partial charge in [0, 0.05) is 53.9 Å². The third-order valence-electron chi connectivity index (χ3n) is 7.94. The highest BCUT2D eigenvalue weighted by atomic mass is 16.2. The number of benzene rings is 4. The number of amides is 4. The van der Waals surface area contributed by atoms with E-state index in [1.165, 1.54) is 27.7 Å². The highest BCUT2D eigenvalue weighted by Crippen LogP contribution is 2.28. The van der Waals surface area contributed by atoms with Gasteiger partial charge in [-0.3, -0.25) is 19.2 Å². The van der Waals surface area contributed by atoms with Gasteiger partial charge in [0.1, 0.15) is 12.3 Å². The van der Waals surface area contributed by atoms with Crippen molar-refractivity contribution in [3.63, 3.8) is 0 Å². The molecule has 238 valence electrons. The lowest BCUT2D eigenvalue weighted by atomic mass is 10.1. The summed E-state index contributed by atoms with van der Waals surface area (Å²) >= 11 is 0. The lowest BCUT2D eigenvalue weighted by Gasteiger charge is -2.50. The molecule has 4 rings (SSSR count). The molecule has 0 saturated heterocycles. The maximum absolute atomic E-state index is 13.8. The molecule has 0 N–H and O–H groups in total. The summed E-state index contributed by atoms with van der Waals surface area (Å²) in [7, 11) is 0. The Balaban J connectivity index is 1.98. The number of hydrogen-bond acceptors (Lipinski definition) is 4. The van der Waals surface area contributed by atoms with Crippen molar-refractivity contribution in [3.8, 4) is 0 Å². The minimum atomic E-state index is -1.05. The molecule has 8 heteroatoms. The number of nitrogens with zero attached hydrogens (tertiary/aromatic N) is 4. The minimum absolute atomic E-state index is 0.157. The van der Waals surface area contributed by atoms with Gasteiger partial charge < -0.3 is 19.6 Å². The third kappa shape index (κ3) is 8.91. The summed E-state index contributed by atoms with van der Waals surface area (Å²) in [5.41, 5.74) is 3.39. The smallest absolute Gasteiger partial charge is 0.221 e. The fraction of sp³-hybridized carbons (Fsp3) is 0.263. The SMILES string of the molecule is CC(=O)N(Cc1ccccc1)C(C(N(Cc1ccccc1)C(C)=O)N(Cc1ccccc1)C(C)=O)N(Cc1ccccc1)C(C)=O. The lowest BCUT2D eigenvalue weighted by Crippen LogP contribution is -2.68. The van der Waals surface area contributed by atoms with Crippen LogP contribution in [0.4, 0.5) is 0 Å². The largest absolute Gasteiger partial charge is 0.314 e. The Hall–Kier alpha value is -5.24. The Morgan fingerprint density at radius 1 is 0.370 bits per heavy atom. The average Bonchev–Trinajstić information content (AvgIpc) is 3.05. The van der Waals surface area contributed by atoms with Crippen LogP contribution in [0.25, 0.3) is 0 Å². The molecule has 4 aromatic rings. The number of hydrogen-bond donors (Lipinski definition) is 0. The van der Waals surface area contributed by atoms with Crippen LogP contribution in [-0.2, 0) is 45.4 Å². The molecule has 0 unspecified atom stereocenters. The van der Waals surface area contributed by atoms with Crippen LogP contribution in [0.1, 0.15) is 49.9 Å². The molecule has 8 nitrogen and oxygen atoms in total. The van der Waals surface area contributed by atoms with E-state index in [4.69, 9.17) is 0 Å². The van der Waals surface area contributed by atoms with Gasteiger partial charge in [0.2, 0.25) is 23.6 Å². The van der Waals surface area contributed by atoms with Gasteiger partial charge in [-0.1, -0.05) is 121 Å². The van der Waals surface area contributed by atoms with Crippen molar-refractivity contribution in [3.05, 3.63) is 144 Å². The second-order valence-corrected chi connectivity index (χ2v) is 11.4. The molecule has 0 aliphatic heterocycles. The van der Waals surface area contributed by atoms with E-state index in [0.717, 1.165) is 22.3 Å². The summed E-state index contributed by atoms with van der Waals surface area (Å²) in [4.78, 5) is 61.4. The standard InChI is InChI=1S/C38H42N4O4/c1-29(43)39(25-33-17-9-5-10-18-33)37(40(30(2)44)26-34-19-11-6-12-20-34)38(41(31(3)45)27-35-21-13-7-14-22-35)42(32(4)46)28-36-23-15-8-16-24-36/h5-24,37-38H,25-28H2,1-4H3. The molecule has 0 aliphatic carbocycles. The Labute approximate surface area is 271 Å². The normalized spacial score (nSPS) is 10.8. The Bertz CT molecular complexity index is 1340. The van der Waals surface area contributed by atoms with E-state index in [1.54, 1.807) is 19.6 Å². The molecule has 0 bridgehead atoms. The van der Waals surface area contributed by atoms with Crippen molar-refractivity contribution in [1.29, 1.82) is 0 Å². The van der Waals surface area contributed by atoms with E-state index < -0.39 is 12.3 Å². The van der Waals surface area contributed by atoms with E-state index in [2.05, 4.69) is 0 Å². The van der Waals surface area contributed by atoms with Crippen molar-refractivity contribution in [1.82, 2.24) is 19.6 Å². The molecule has 0 aromatic heterocycles. The molecular weight excluding hydrogens is 576 g/mol. The molecule has 0 aliphatic rings. The van der Waals surface area contributed by atoms with Crippen LogP contribution in [0.15, 0.2) is 121 Å². The maximum Gasteiger partial charge on any atom is 0.221 e. The van der Waals surface area contributed by atoms with E-state index in [-0.39, 0.29) is 49.8 Å². The highest BCUT2D eigenvalue weighted by Gasteiger charge is 2.44. The Morgan fingerprint density at radius 3 is 0.696 bits per heavy atom. The zero-order chi connectivity index (χ0) is 33.1. The lowest BCUT2D eigenvalue weighted by molar-refractivity contribution is -0.171. The van der Waals surface area contributed by atoms with E-state index in [0.29, 0.717) is 0 Å². The number of carbonyl (C=O) groups is 4. The van der Waals surface area contributed by atoms with Gasteiger partial charge in [0.05, 0.1) is 0 Å². The minimum Gasteiger partial charge on any atom is -0.314 e. The van der Waals surface area contributed by atoms with Crippen LogP contribution in [0.5, 0.6) is 0 Å². The predicted molar refractivity (Wildman–Crippen MR) is 178 cm³/mol. The first-order chi connectivity index (χ1) is 22.2. The number of rotatable bonds is 13. The molecule has 0 atom stereocenters. The quantitative estimate of drug-likeness (QED) is 0.177. The maximum atomic E-state index is 13.8. The zero-order valence-electron chi connectivity index (χ0n) is 27.0. The van der Waals surface area contributed by atoms with E-state index in [9.17, 15) is 19.2 Å². The summed E-state index contributed by atoms with van der Waals surface area (Å²) in [6, 6.07) is 38.0. The van der Waals surface area contributed by atoms with Crippen LogP contribution in [-0.4, -0.2) is 55.6 Å². The van der Waals surface area contributed by atoms with Gasteiger partial charge in [0.15, 0.2) is 0 Å². The van der Waals surface area contributed by atoms with Crippen LogP contribution in [0, 0.1) is 0 Å². The van der Waals surface area contributed by atoms with Crippen molar-refractivity contribution in [2.24, 2.45) is 0 Å². The summed E-state index contributed by atoms with van der Waals surface area (Å²) < 4.78 is 0. The van der Waals surface area contributed by atoms with Gasteiger partial charge in [0.25, 0.3) is 0 Å².